The van der Waals surface area contributed by atoms with Crippen molar-refractivity contribution in [1.29, 1.82) is 0 Å². The van der Waals surface area contributed by atoms with E-state index in [2.05, 4.69) is 11.8 Å². The summed E-state index contributed by atoms with van der Waals surface area (Å²) in [6, 6.07) is 6.20. The highest BCUT2D eigenvalue weighted by Gasteiger charge is 2.19. The van der Waals surface area contributed by atoms with Crippen LogP contribution in [0, 0.1) is 17.8 Å². The minimum absolute atomic E-state index is 0.163. The van der Waals surface area contributed by atoms with Crippen molar-refractivity contribution < 1.29 is 14.3 Å². The molecule has 2 nitrogen and oxygen atoms in total. The van der Waals surface area contributed by atoms with Gasteiger partial charge in [0.25, 0.3) is 0 Å². The van der Waals surface area contributed by atoms with E-state index >= 15 is 0 Å². The number of benzene rings is 1. The first-order chi connectivity index (χ1) is 9.08. The smallest absolute Gasteiger partial charge is 0.335 e. The highest BCUT2D eigenvalue weighted by atomic mass is 19.1. The molecule has 0 radical (unpaired) electrons. The lowest BCUT2D eigenvalue weighted by molar-refractivity contribution is 0.0697. The highest BCUT2D eigenvalue weighted by Crippen LogP contribution is 2.21. The van der Waals surface area contributed by atoms with Gasteiger partial charge in [-0.2, -0.15) is 0 Å². The maximum Gasteiger partial charge on any atom is 0.335 e. The molecule has 0 fully saturated rings. The van der Waals surface area contributed by atoms with Crippen LogP contribution in [0.15, 0.2) is 48.1 Å². The van der Waals surface area contributed by atoms with Crippen LogP contribution in [0.2, 0.25) is 0 Å². The van der Waals surface area contributed by atoms with Gasteiger partial charge in [-0.15, -0.1) is 0 Å². The van der Waals surface area contributed by atoms with E-state index in [0.717, 1.165) is 0 Å². The molecule has 2 unspecified atom stereocenters. The molecule has 0 spiro atoms. The van der Waals surface area contributed by atoms with Crippen LogP contribution in [0.5, 0.6) is 0 Å². The molecule has 0 bridgehead atoms. The van der Waals surface area contributed by atoms with Crippen LogP contribution in [0.4, 0.5) is 4.39 Å². The predicted molar refractivity (Wildman–Crippen MR) is 71.6 cm³/mol. The number of aromatic carboxylic acids is 1. The number of carbonyl (C=O) groups is 1. The van der Waals surface area contributed by atoms with Gasteiger partial charge in [-0.05, 0) is 30.3 Å². The molecule has 1 aromatic rings. The van der Waals surface area contributed by atoms with Crippen LogP contribution >= 0.6 is 0 Å². The average Bonchev–Trinajstić information content (AvgIpc) is 2.41. The average molecular weight is 256 g/mol. The molecule has 1 aromatic carbocycles. The zero-order valence-electron chi connectivity index (χ0n) is 10.4. The quantitative estimate of drug-likeness (QED) is 0.783. The van der Waals surface area contributed by atoms with Crippen molar-refractivity contribution in [3.8, 4) is 11.8 Å². The Morgan fingerprint density at radius 2 is 1.95 bits per heavy atom. The minimum atomic E-state index is -1.07. The summed E-state index contributed by atoms with van der Waals surface area (Å²) in [5.74, 6) is 4.51. The van der Waals surface area contributed by atoms with E-state index in [1.165, 1.54) is 12.1 Å². The predicted octanol–water partition coefficient (Wildman–Crippen LogP) is 3.21. The molecule has 0 saturated carbocycles. The summed E-state index contributed by atoms with van der Waals surface area (Å²) in [4.78, 5) is 10.7. The lowest BCUT2D eigenvalue weighted by Gasteiger charge is -2.15. The van der Waals surface area contributed by atoms with Gasteiger partial charge in [0.1, 0.15) is 6.17 Å². The van der Waals surface area contributed by atoms with Crippen LogP contribution in [0.1, 0.15) is 22.8 Å². The Labute approximate surface area is 111 Å². The van der Waals surface area contributed by atoms with E-state index in [4.69, 9.17) is 5.11 Å². The summed E-state index contributed by atoms with van der Waals surface area (Å²) >= 11 is 0. The molecule has 2 rings (SSSR count). The SMILES string of the molecule is CC1C=CC=C(C#Cc2ccc(C(=O)O)cc2)C1F. The Balaban J connectivity index is 2.18. The van der Waals surface area contributed by atoms with Gasteiger partial charge in [-0.3, -0.25) is 0 Å². The van der Waals surface area contributed by atoms with Crippen molar-refractivity contribution in [3.63, 3.8) is 0 Å². The normalized spacial score (nSPS) is 21.3. The fourth-order valence-corrected chi connectivity index (χ4v) is 1.76. The molecule has 0 heterocycles. The summed E-state index contributed by atoms with van der Waals surface area (Å²) in [5, 5.41) is 8.77. The standard InChI is InChI=1S/C16H13FO2/c1-11-3-2-4-13(15(11)17)8-5-12-6-9-14(10-7-12)16(18)19/h2-4,6-7,9-11,15H,1H3,(H,18,19). The van der Waals surface area contributed by atoms with Gasteiger partial charge in [0.2, 0.25) is 0 Å². The lowest BCUT2D eigenvalue weighted by atomic mass is 9.94. The number of allylic oxidation sites excluding steroid dienone is 4. The maximum absolute atomic E-state index is 13.8. The van der Waals surface area contributed by atoms with E-state index in [9.17, 15) is 9.18 Å². The first-order valence-electron chi connectivity index (χ1n) is 5.96. The second-order valence-corrected chi connectivity index (χ2v) is 4.40. The summed E-state index contributed by atoms with van der Waals surface area (Å²) in [6.07, 6.45) is 4.20. The third-order valence-corrected chi connectivity index (χ3v) is 2.93. The molecule has 0 amide bonds. The fraction of sp³-hybridized carbons (Fsp3) is 0.188. The maximum atomic E-state index is 13.8. The second-order valence-electron chi connectivity index (χ2n) is 4.40. The molecule has 3 heteroatoms. The van der Waals surface area contributed by atoms with Crippen molar-refractivity contribution in [2.24, 2.45) is 5.92 Å². The second kappa shape index (κ2) is 5.53. The molecular weight excluding hydrogens is 243 g/mol. The van der Waals surface area contributed by atoms with Gasteiger partial charge in [0.15, 0.2) is 0 Å². The molecule has 0 aliphatic heterocycles. The van der Waals surface area contributed by atoms with Crippen LogP contribution in [0.25, 0.3) is 0 Å². The monoisotopic (exact) mass is 256 g/mol. The molecule has 0 saturated heterocycles. The molecule has 0 aromatic heterocycles. The van der Waals surface area contributed by atoms with Crippen LogP contribution in [-0.2, 0) is 0 Å². The van der Waals surface area contributed by atoms with Crippen molar-refractivity contribution >= 4 is 5.97 Å². The Hall–Kier alpha value is -2.34. The number of hydrogen-bond acceptors (Lipinski definition) is 1. The third kappa shape index (κ3) is 3.11. The highest BCUT2D eigenvalue weighted by molar-refractivity contribution is 5.87. The molecule has 96 valence electrons. The summed E-state index contributed by atoms with van der Waals surface area (Å²) in [5.41, 5.74) is 1.33. The van der Waals surface area contributed by atoms with Gasteiger partial charge in [-0.1, -0.05) is 30.9 Å². The summed E-state index contributed by atoms with van der Waals surface area (Å²) < 4.78 is 13.8. The minimum Gasteiger partial charge on any atom is -0.478 e. The van der Waals surface area contributed by atoms with Crippen molar-refractivity contribution in [1.82, 2.24) is 0 Å². The number of rotatable bonds is 1. The van der Waals surface area contributed by atoms with Gasteiger partial charge in [0, 0.05) is 17.1 Å². The topological polar surface area (TPSA) is 37.3 Å². The number of carboxylic acids is 1. The first-order valence-corrected chi connectivity index (χ1v) is 5.96. The molecular formula is C16H13FO2. The zero-order valence-corrected chi connectivity index (χ0v) is 10.4. The Bertz CT molecular complexity index is 600. The summed E-state index contributed by atoms with van der Waals surface area (Å²) in [6.45, 7) is 1.80. The van der Waals surface area contributed by atoms with Crippen molar-refractivity contribution in [3.05, 3.63) is 59.2 Å². The molecule has 1 aliphatic rings. The van der Waals surface area contributed by atoms with Gasteiger partial charge in [-0.25, -0.2) is 9.18 Å². The van der Waals surface area contributed by atoms with E-state index < -0.39 is 12.1 Å². The third-order valence-electron chi connectivity index (χ3n) is 2.93. The Kier molecular flexibility index (Phi) is 3.82. The van der Waals surface area contributed by atoms with Gasteiger partial charge < -0.3 is 5.11 Å². The van der Waals surface area contributed by atoms with E-state index in [0.29, 0.717) is 11.1 Å². The first kappa shape index (κ1) is 13.1. The number of carboxylic acid groups (broad SMARTS) is 1. The molecule has 1 N–H and O–H groups in total. The van der Waals surface area contributed by atoms with Gasteiger partial charge >= 0.3 is 5.97 Å². The van der Waals surface area contributed by atoms with Crippen LogP contribution in [0.3, 0.4) is 0 Å². The lowest BCUT2D eigenvalue weighted by Crippen LogP contribution is -2.14. The number of hydrogen-bond donors (Lipinski definition) is 1. The van der Waals surface area contributed by atoms with Crippen LogP contribution in [-0.4, -0.2) is 17.2 Å². The number of halogens is 1. The Morgan fingerprint density at radius 3 is 2.58 bits per heavy atom. The zero-order chi connectivity index (χ0) is 13.8. The van der Waals surface area contributed by atoms with E-state index in [-0.39, 0.29) is 11.5 Å². The molecule has 1 aliphatic carbocycles. The van der Waals surface area contributed by atoms with Crippen LogP contribution < -0.4 is 0 Å². The fourth-order valence-electron chi connectivity index (χ4n) is 1.76. The molecule has 2 atom stereocenters. The summed E-state index contributed by atoms with van der Waals surface area (Å²) in [7, 11) is 0. The Morgan fingerprint density at radius 1 is 1.26 bits per heavy atom. The molecule has 19 heavy (non-hydrogen) atoms. The van der Waals surface area contributed by atoms with E-state index in [1.54, 1.807) is 37.3 Å². The van der Waals surface area contributed by atoms with Gasteiger partial charge in [0.05, 0.1) is 5.56 Å². The van der Waals surface area contributed by atoms with E-state index in [1.807, 2.05) is 0 Å². The number of alkyl halides is 1. The van der Waals surface area contributed by atoms with Crippen molar-refractivity contribution in [2.75, 3.05) is 0 Å². The van der Waals surface area contributed by atoms with Crippen molar-refractivity contribution in [2.45, 2.75) is 13.1 Å². The largest absolute Gasteiger partial charge is 0.478 e.